The Kier molecular flexibility index (Phi) is 6.71. The topological polar surface area (TPSA) is 87.3 Å². The molecule has 1 aromatic carbocycles. The molecule has 0 saturated carbocycles. The van der Waals surface area contributed by atoms with Gasteiger partial charge < -0.3 is 16.0 Å². The Hall–Kier alpha value is -2.67. The van der Waals surface area contributed by atoms with Gasteiger partial charge in [-0.25, -0.2) is 0 Å². The van der Waals surface area contributed by atoms with Crippen molar-refractivity contribution in [2.24, 2.45) is 5.92 Å². The van der Waals surface area contributed by atoms with Crippen molar-refractivity contribution in [3.05, 3.63) is 52.2 Å². The zero-order chi connectivity index (χ0) is 18.2. The Morgan fingerprint density at radius 1 is 0.960 bits per heavy atom. The van der Waals surface area contributed by atoms with E-state index in [0.717, 1.165) is 0 Å². The van der Waals surface area contributed by atoms with Crippen LogP contribution in [-0.2, 0) is 4.79 Å². The van der Waals surface area contributed by atoms with E-state index in [1.54, 1.807) is 30.3 Å². The first-order valence-corrected chi connectivity index (χ1v) is 8.86. The number of hydrogen-bond acceptors (Lipinski definition) is 4. The maximum Gasteiger partial charge on any atom is 0.261 e. The second-order valence-electron chi connectivity index (χ2n) is 5.71. The summed E-state index contributed by atoms with van der Waals surface area (Å²) in [5.74, 6) is -0.548. The minimum Gasteiger partial charge on any atom is -0.350 e. The van der Waals surface area contributed by atoms with Crippen molar-refractivity contribution in [3.8, 4) is 0 Å². The van der Waals surface area contributed by atoms with E-state index in [2.05, 4.69) is 16.0 Å². The smallest absolute Gasteiger partial charge is 0.261 e. The van der Waals surface area contributed by atoms with Crippen LogP contribution in [0, 0.1) is 5.92 Å². The molecule has 0 saturated heterocycles. The van der Waals surface area contributed by atoms with Gasteiger partial charge in [0, 0.05) is 30.3 Å². The third kappa shape index (κ3) is 5.72. The Bertz CT molecular complexity index is 725. The molecule has 0 aliphatic rings. The van der Waals surface area contributed by atoms with Crippen molar-refractivity contribution in [1.82, 2.24) is 10.6 Å². The Morgan fingerprint density at radius 3 is 2.16 bits per heavy atom. The van der Waals surface area contributed by atoms with Crippen molar-refractivity contribution in [2.75, 3.05) is 18.4 Å². The number of hydrogen-bond donors (Lipinski definition) is 3. The molecule has 0 spiro atoms. The van der Waals surface area contributed by atoms with Crippen LogP contribution in [0.15, 0.2) is 41.8 Å². The highest BCUT2D eigenvalue weighted by Crippen LogP contribution is 2.11. The Balaban J connectivity index is 1.75. The van der Waals surface area contributed by atoms with Gasteiger partial charge in [-0.05, 0) is 35.7 Å². The molecule has 2 rings (SSSR count). The van der Waals surface area contributed by atoms with Gasteiger partial charge in [-0.15, -0.1) is 11.3 Å². The van der Waals surface area contributed by atoms with Gasteiger partial charge in [0.25, 0.3) is 11.8 Å². The molecule has 0 bridgehead atoms. The minimum atomic E-state index is -0.230. The number of benzene rings is 1. The van der Waals surface area contributed by atoms with Crippen LogP contribution in [0.4, 0.5) is 5.69 Å². The first-order valence-electron chi connectivity index (χ1n) is 7.98. The summed E-state index contributed by atoms with van der Waals surface area (Å²) in [5.41, 5.74) is 1.14. The van der Waals surface area contributed by atoms with Crippen molar-refractivity contribution in [3.63, 3.8) is 0 Å². The standard InChI is InChI=1S/C18H21N3O3S/c1-12(2)16(22)21-14-7-5-13(6-8-14)17(23)19-9-10-20-18(24)15-4-3-11-25-15/h3-8,11-12H,9-10H2,1-2H3,(H,19,23)(H,20,24)(H,21,22). The number of amides is 3. The van der Waals surface area contributed by atoms with Crippen LogP contribution in [0.1, 0.15) is 33.9 Å². The zero-order valence-electron chi connectivity index (χ0n) is 14.2. The molecule has 2 aromatic rings. The third-order valence-electron chi connectivity index (χ3n) is 3.38. The molecule has 132 valence electrons. The summed E-state index contributed by atoms with van der Waals surface area (Å²) in [6.07, 6.45) is 0. The number of carbonyl (C=O) groups is 3. The van der Waals surface area contributed by atoms with Crippen LogP contribution in [-0.4, -0.2) is 30.8 Å². The van der Waals surface area contributed by atoms with Crippen LogP contribution in [0.3, 0.4) is 0 Å². The summed E-state index contributed by atoms with van der Waals surface area (Å²) < 4.78 is 0. The predicted octanol–water partition coefficient (Wildman–Crippen LogP) is 2.50. The van der Waals surface area contributed by atoms with Gasteiger partial charge in [0.05, 0.1) is 4.88 Å². The summed E-state index contributed by atoms with van der Waals surface area (Å²) in [7, 11) is 0. The largest absolute Gasteiger partial charge is 0.350 e. The molecule has 25 heavy (non-hydrogen) atoms. The molecule has 0 radical (unpaired) electrons. The van der Waals surface area contributed by atoms with Gasteiger partial charge >= 0.3 is 0 Å². The molecule has 3 N–H and O–H groups in total. The zero-order valence-corrected chi connectivity index (χ0v) is 15.0. The van der Waals surface area contributed by atoms with Crippen LogP contribution >= 0.6 is 11.3 Å². The lowest BCUT2D eigenvalue weighted by Gasteiger charge is -2.09. The molecule has 0 atom stereocenters. The summed E-state index contributed by atoms with van der Waals surface area (Å²) in [6.45, 7) is 4.32. The number of anilines is 1. The Morgan fingerprint density at radius 2 is 1.60 bits per heavy atom. The highest BCUT2D eigenvalue weighted by Gasteiger charge is 2.09. The second kappa shape index (κ2) is 8.98. The quantitative estimate of drug-likeness (QED) is 0.664. The average Bonchev–Trinajstić information content (AvgIpc) is 3.13. The van der Waals surface area contributed by atoms with Crippen molar-refractivity contribution < 1.29 is 14.4 Å². The molecule has 1 aromatic heterocycles. The lowest BCUT2D eigenvalue weighted by Crippen LogP contribution is -2.34. The molecule has 3 amide bonds. The predicted molar refractivity (Wildman–Crippen MR) is 98.9 cm³/mol. The number of nitrogens with one attached hydrogen (secondary N) is 3. The van der Waals surface area contributed by atoms with Crippen molar-refractivity contribution in [1.29, 1.82) is 0 Å². The fourth-order valence-corrected chi connectivity index (χ4v) is 2.58. The molecule has 7 heteroatoms. The lowest BCUT2D eigenvalue weighted by atomic mass is 10.1. The van der Waals surface area contributed by atoms with E-state index in [1.807, 2.05) is 25.3 Å². The SMILES string of the molecule is CC(C)C(=O)Nc1ccc(C(=O)NCCNC(=O)c2cccs2)cc1. The Labute approximate surface area is 150 Å². The maximum absolute atomic E-state index is 12.1. The van der Waals surface area contributed by atoms with E-state index in [-0.39, 0.29) is 23.6 Å². The lowest BCUT2D eigenvalue weighted by molar-refractivity contribution is -0.118. The average molecular weight is 359 g/mol. The van der Waals surface area contributed by atoms with Crippen molar-refractivity contribution in [2.45, 2.75) is 13.8 Å². The fraction of sp³-hybridized carbons (Fsp3) is 0.278. The molecule has 1 heterocycles. The summed E-state index contributed by atoms with van der Waals surface area (Å²) in [5, 5.41) is 10.1. The monoisotopic (exact) mass is 359 g/mol. The minimum absolute atomic E-state index is 0.0707. The first kappa shape index (κ1) is 18.7. The highest BCUT2D eigenvalue weighted by molar-refractivity contribution is 7.12. The van der Waals surface area contributed by atoms with E-state index in [0.29, 0.717) is 29.2 Å². The van der Waals surface area contributed by atoms with Gasteiger partial charge in [-0.3, -0.25) is 14.4 Å². The van der Waals surface area contributed by atoms with Crippen molar-refractivity contribution >= 4 is 34.7 Å². The van der Waals surface area contributed by atoms with E-state index in [4.69, 9.17) is 0 Å². The number of carbonyl (C=O) groups excluding carboxylic acids is 3. The van der Waals surface area contributed by atoms with Gasteiger partial charge in [0.15, 0.2) is 0 Å². The summed E-state index contributed by atoms with van der Waals surface area (Å²) in [4.78, 5) is 36.1. The fourth-order valence-electron chi connectivity index (χ4n) is 1.94. The van der Waals surface area contributed by atoms with Gasteiger partial charge in [-0.1, -0.05) is 19.9 Å². The van der Waals surface area contributed by atoms with Gasteiger partial charge in [0.2, 0.25) is 5.91 Å². The van der Waals surface area contributed by atoms with E-state index in [1.165, 1.54) is 11.3 Å². The van der Waals surface area contributed by atoms with Gasteiger partial charge in [0.1, 0.15) is 0 Å². The van der Waals surface area contributed by atoms with E-state index < -0.39 is 0 Å². The number of rotatable bonds is 7. The maximum atomic E-state index is 12.1. The molecule has 6 nitrogen and oxygen atoms in total. The second-order valence-corrected chi connectivity index (χ2v) is 6.66. The number of thiophene rings is 1. The molecular weight excluding hydrogens is 338 g/mol. The van der Waals surface area contributed by atoms with E-state index >= 15 is 0 Å². The van der Waals surface area contributed by atoms with E-state index in [9.17, 15) is 14.4 Å². The van der Waals surface area contributed by atoms with Crippen LogP contribution in [0.2, 0.25) is 0 Å². The van der Waals surface area contributed by atoms with Crippen LogP contribution in [0.25, 0.3) is 0 Å². The molecular formula is C18H21N3O3S. The van der Waals surface area contributed by atoms with Crippen LogP contribution < -0.4 is 16.0 Å². The molecule has 0 aliphatic heterocycles. The molecule has 0 unspecified atom stereocenters. The highest BCUT2D eigenvalue weighted by atomic mass is 32.1. The van der Waals surface area contributed by atoms with Crippen LogP contribution in [0.5, 0.6) is 0 Å². The molecule has 0 aliphatic carbocycles. The summed E-state index contributed by atoms with van der Waals surface area (Å²) >= 11 is 1.37. The molecule has 0 fully saturated rings. The third-order valence-corrected chi connectivity index (χ3v) is 4.25. The summed E-state index contributed by atoms with van der Waals surface area (Å²) in [6, 6.07) is 10.2. The van der Waals surface area contributed by atoms with Gasteiger partial charge in [-0.2, -0.15) is 0 Å². The first-order chi connectivity index (χ1) is 12.0. The normalized spacial score (nSPS) is 10.4.